The van der Waals surface area contributed by atoms with Crippen LogP contribution >= 0.6 is 0 Å². The number of fused-ring (bicyclic) bond motifs is 2. The van der Waals surface area contributed by atoms with E-state index in [4.69, 9.17) is 0 Å². The fourth-order valence-corrected chi connectivity index (χ4v) is 4.16. The Balaban J connectivity index is 1.62. The zero-order chi connectivity index (χ0) is 19.2. The van der Waals surface area contributed by atoms with E-state index in [0.717, 1.165) is 37.7 Å². The monoisotopic (exact) mass is 371 g/mol. The maximum absolute atomic E-state index is 13.4. The molecule has 7 heteroatoms. The summed E-state index contributed by atoms with van der Waals surface area (Å²) in [6, 6.07) is 4.58. The predicted octanol–water partition coefficient (Wildman–Crippen LogP) is 2.54. The van der Waals surface area contributed by atoms with Gasteiger partial charge < -0.3 is 10.4 Å². The van der Waals surface area contributed by atoms with E-state index >= 15 is 0 Å². The normalized spacial score (nSPS) is 17.3. The molecule has 0 radical (unpaired) electrons. The summed E-state index contributed by atoms with van der Waals surface area (Å²) in [6.07, 6.45) is 4.84. The first-order valence-electron chi connectivity index (χ1n) is 9.29. The molecule has 2 N–H and O–H groups in total. The number of carbonyl (C=O) groups excluding carboxylic acids is 1. The molecule has 1 aromatic heterocycles. The molecule has 1 fully saturated rings. The van der Waals surface area contributed by atoms with Crippen molar-refractivity contribution in [3.05, 3.63) is 57.0 Å². The lowest BCUT2D eigenvalue weighted by atomic mass is 9.64. The second-order valence-corrected chi connectivity index (χ2v) is 7.59. The van der Waals surface area contributed by atoms with Crippen LogP contribution in [0.2, 0.25) is 0 Å². The Morgan fingerprint density at radius 1 is 1.33 bits per heavy atom. The zero-order valence-electron chi connectivity index (χ0n) is 15.2. The average molecular weight is 371 g/mol. The Kier molecular flexibility index (Phi) is 4.25. The van der Waals surface area contributed by atoms with Gasteiger partial charge >= 0.3 is 0 Å². The lowest BCUT2D eigenvalue weighted by Crippen LogP contribution is -2.45. The topological polar surface area (TPSA) is 84.2 Å². The minimum atomic E-state index is -0.608. The molecule has 1 aromatic carbocycles. The molecule has 27 heavy (non-hydrogen) atoms. The fraction of sp³-hybridized carbons (Fsp3) is 0.450. The highest BCUT2D eigenvalue weighted by Gasteiger charge is 2.44. The van der Waals surface area contributed by atoms with Crippen molar-refractivity contribution in [1.29, 1.82) is 0 Å². The quantitative estimate of drug-likeness (QED) is 0.868. The number of carbonyl (C=O) groups is 1. The van der Waals surface area contributed by atoms with E-state index < -0.39 is 17.2 Å². The van der Waals surface area contributed by atoms with Crippen LogP contribution in [0.4, 0.5) is 4.39 Å². The van der Waals surface area contributed by atoms with Gasteiger partial charge in [0.2, 0.25) is 5.75 Å². The van der Waals surface area contributed by atoms with E-state index in [2.05, 4.69) is 10.3 Å². The SMILES string of the molecule is Cc1cc(CNC(=O)c2nc3n(c(=O)c2O)CCCC32CCC2)ccc1F. The molecule has 6 nitrogen and oxygen atoms in total. The van der Waals surface area contributed by atoms with Gasteiger partial charge in [0.15, 0.2) is 5.69 Å². The van der Waals surface area contributed by atoms with Crippen LogP contribution in [0.1, 0.15) is 59.5 Å². The van der Waals surface area contributed by atoms with Crippen LogP contribution in [-0.2, 0) is 18.5 Å². The number of rotatable bonds is 3. The van der Waals surface area contributed by atoms with Crippen molar-refractivity contribution in [2.75, 3.05) is 0 Å². The summed E-state index contributed by atoms with van der Waals surface area (Å²) < 4.78 is 14.9. The fourth-order valence-electron chi connectivity index (χ4n) is 4.16. The summed E-state index contributed by atoms with van der Waals surface area (Å²) in [5.41, 5.74) is 0.314. The molecule has 2 aliphatic rings. The molecule has 4 rings (SSSR count). The minimum Gasteiger partial charge on any atom is -0.501 e. The maximum Gasteiger partial charge on any atom is 0.296 e. The van der Waals surface area contributed by atoms with Crippen molar-refractivity contribution in [3.8, 4) is 5.75 Å². The Bertz CT molecular complexity index is 979. The van der Waals surface area contributed by atoms with Crippen molar-refractivity contribution in [2.45, 2.75) is 57.5 Å². The van der Waals surface area contributed by atoms with Crippen molar-refractivity contribution >= 4 is 5.91 Å². The molecular weight excluding hydrogens is 349 g/mol. The zero-order valence-corrected chi connectivity index (χ0v) is 15.2. The number of benzene rings is 1. The number of nitrogens with zero attached hydrogens (tertiary/aromatic N) is 2. The third kappa shape index (κ3) is 2.91. The summed E-state index contributed by atoms with van der Waals surface area (Å²) in [4.78, 5) is 29.6. The number of hydrogen-bond donors (Lipinski definition) is 2. The first-order chi connectivity index (χ1) is 12.9. The largest absolute Gasteiger partial charge is 0.501 e. The van der Waals surface area contributed by atoms with Crippen LogP contribution in [0.25, 0.3) is 0 Å². The standard InChI is InChI=1S/C20H22FN3O3/c1-12-10-13(4-5-14(12)21)11-22-17(26)15-16(25)18(27)24-9-3-8-20(6-2-7-20)19(24)23-15/h4-5,10,25H,2-3,6-9,11H2,1H3,(H,22,26). The van der Waals surface area contributed by atoms with Crippen LogP contribution in [-0.4, -0.2) is 20.6 Å². The lowest BCUT2D eigenvalue weighted by Gasteiger charge is -2.45. The highest BCUT2D eigenvalue weighted by Crippen LogP contribution is 2.48. The van der Waals surface area contributed by atoms with E-state index in [1.165, 1.54) is 10.6 Å². The van der Waals surface area contributed by atoms with Gasteiger partial charge in [0, 0.05) is 18.5 Å². The van der Waals surface area contributed by atoms with Gasteiger partial charge in [-0.05, 0) is 49.8 Å². The van der Waals surface area contributed by atoms with Gasteiger partial charge in [-0.25, -0.2) is 9.37 Å². The molecular formula is C20H22FN3O3. The van der Waals surface area contributed by atoms with Gasteiger partial charge in [-0.15, -0.1) is 0 Å². The number of hydrogen-bond acceptors (Lipinski definition) is 4. The van der Waals surface area contributed by atoms with Crippen molar-refractivity contribution < 1.29 is 14.3 Å². The summed E-state index contributed by atoms with van der Waals surface area (Å²) in [5, 5.41) is 12.9. The predicted molar refractivity (Wildman–Crippen MR) is 97.2 cm³/mol. The summed E-state index contributed by atoms with van der Waals surface area (Å²) in [6.45, 7) is 2.33. The van der Waals surface area contributed by atoms with E-state index in [0.29, 0.717) is 17.9 Å². The van der Waals surface area contributed by atoms with E-state index in [9.17, 15) is 19.1 Å². The molecule has 142 valence electrons. The minimum absolute atomic E-state index is 0.131. The summed E-state index contributed by atoms with van der Waals surface area (Å²) in [5.74, 6) is -0.888. The maximum atomic E-state index is 13.4. The Morgan fingerprint density at radius 2 is 2.07 bits per heavy atom. The first kappa shape index (κ1) is 17.7. The number of nitrogens with one attached hydrogen (secondary N) is 1. The van der Waals surface area contributed by atoms with E-state index in [1.807, 2.05) is 0 Å². The van der Waals surface area contributed by atoms with Crippen LogP contribution < -0.4 is 10.9 Å². The molecule has 1 aliphatic heterocycles. The molecule has 1 saturated carbocycles. The average Bonchev–Trinajstić information content (AvgIpc) is 2.63. The number of aromatic hydroxyl groups is 1. The Hall–Kier alpha value is -2.70. The molecule has 1 spiro atoms. The third-order valence-electron chi connectivity index (χ3n) is 5.86. The van der Waals surface area contributed by atoms with E-state index in [-0.39, 0.29) is 23.5 Å². The van der Waals surface area contributed by atoms with Gasteiger partial charge in [0.1, 0.15) is 11.6 Å². The van der Waals surface area contributed by atoms with Crippen molar-refractivity contribution in [3.63, 3.8) is 0 Å². The van der Waals surface area contributed by atoms with Crippen LogP contribution in [0.3, 0.4) is 0 Å². The third-order valence-corrected chi connectivity index (χ3v) is 5.86. The van der Waals surface area contributed by atoms with Crippen LogP contribution in [0.15, 0.2) is 23.0 Å². The molecule has 1 amide bonds. The number of halogens is 1. The van der Waals surface area contributed by atoms with Gasteiger partial charge in [-0.2, -0.15) is 0 Å². The van der Waals surface area contributed by atoms with Crippen molar-refractivity contribution in [2.24, 2.45) is 0 Å². The van der Waals surface area contributed by atoms with Crippen LogP contribution in [0.5, 0.6) is 5.75 Å². The highest BCUT2D eigenvalue weighted by molar-refractivity contribution is 5.94. The van der Waals surface area contributed by atoms with Gasteiger partial charge in [-0.3, -0.25) is 14.2 Å². The Morgan fingerprint density at radius 3 is 2.74 bits per heavy atom. The van der Waals surface area contributed by atoms with Gasteiger partial charge in [-0.1, -0.05) is 18.6 Å². The smallest absolute Gasteiger partial charge is 0.296 e. The van der Waals surface area contributed by atoms with Gasteiger partial charge in [0.25, 0.3) is 11.5 Å². The highest BCUT2D eigenvalue weighted by atomic mass is 19.1. The van der Waals surface area contributed by atoms with Crippen molar-refractivity contribution in [1.82, 2.24) is 14.9 Å². The first-order valence-corrected chi connectivity index (χ1v) is 9.29. The molecule has 2 heterocycles. The molecule has 0 atom stereocenters. The lowest BCUT2D eigenvalue weighted by molar-refractivity contribution is 0.0938. The molecule has 0 saturated heterocycles. The second-order valence-electron chi connectivity index (χ2n) is 7.59. The second kappa shape index (κ2) is 6.48. The number of amides is 1. The molecule has 0 bridgehead atoms. The summed E-state index contributed by atoms with van der Waals surface area (Å²) in [7, 11) is 0. The molecule has 1 aliphatic carbocycles. The summed E-state index contributed by atoms with van der Waals surface area (Å²) >= 11 is 0. The van der Waals surface area contributed by atoms with Crippen LogP contribution in [0, 0.1) is 12.7 Å². The number of aromatic nitrogens is 2. The molecule has 0 unspecified atom stereocenters. The number of aryl methyl sites for hydroxylation is 1. The molecule has 2 aromatic rings. The van der Waals surface area contributed by atoms with Gasteiger partial charge in [0.05, 0.1) is 0 Å². The Labute approximate surface area is 156 Å². The van der Waals surface area contributed by atoms with E-state index in [1.54, 1.807) is 19.1 Å².